The number of rotatable bonds is 2. The Kier molecular flexibility index (Phi) is 3.34. The second-order valence-electron chi connectivity index (χ2n) is 4.59. The Balaban J connectivity index is 2.06. The van der Waals surface area contributed by atoms with Crippen molar-refractivity contribution < 1.29 is 9.90 Å². The summed E-state index contributed by atoms with van der Waals surface area (Å²) in [6, 6.07) is 13.0. The minimum absolute atomic E-state index is 0.0638. The molecule has 102 valence electrons. The van der Waals surface area contributed by atoms with Crippen molar-refractivity contribution in [1.29, 1.82) is 0 Å². The smallest absolute Gasteiger partial charge is 0.244 e. The fourth-order valence-electron chi connectivity index (χ4n) is 2.30. The summed E-state index contributed by atoms with van der Waals surface area (Å²) in [5.41, 5.74) is 3.21. The number of hydrogen-bond acceptors (Lipinski definition) is 3. The van der Waals surface area contributed by atoms with Gasteiger partial charge >= 0.3 is 0 Å². The molecule has 1 heterocycles. The van der Waals surface area contributed by atoms with Gasteiger partial charge in [-0.3, -0.25) is 4.79 Å². The molecule has 0 saturated carbocycles. The van der Waals surface area contributed by atoms with Crippen molar-refractivity contribution in [2.75, 3.05) is 16.8 Å². The van der Waals surface area contributed by atoms with Gasteiger partial charge < -0.3 is 15.3 Å². The molecule has 1 aliphatic rings. The van der Waals surface area contributed by atoms with Crippen LogP contribution in [-0.2, 0) is 11.4 Å². The Bertz CT molecular complexity index is 673. The molecule has 0 bridgehead atoms. The molecule has 20 heavy (non-hydrogen) atoms. The van der Waals surface area contributed by atoms with E-state index in [2.05, 4.69) is 5.32 Å². The van der Waals surface area contributed by atoms with Gasteiger partial charge in [-0.05, 0) is 29.8 Å². The van der Waals surface area contributed by atoms with Crippen LogP contribution in [0.4, 0.5) is 17.1 Å². The molecule has 1 amide bonds. The van der Waals surface area contributed by atoms with Crippen LogP contribution in [0.5, 0.6) is 0 Å². The van der Waals surface area contributed by atoms with Crippen LogP contribution >= 0.6 is 11.6 Å². The van der Waals surface area contributed by atoms with E-state index in [4.69, 9.17) is 16.7 Å². The number of aliphatic hydroxyl groups excluding tert-OH is 1. The number of benzene rings is 2. The van der Waals surface area contributed by atoms with Gasteiger partial charge in [-0.1, -0.05) is 29.8 Å². The fraction of sp³-hybridized carbons (Fsp3) is 0.133. The van der Waals surface area contributed by atoms with Crippen LogP contribution in [0.3, 0.4) is 0 Å². The Labute approximate surface area is 121 Å². The molecule has 0 aliphatic carbocycles. The van der Waals surface area contributed by atoms with Crippen LogP contribution in [0.1, 0.15) is 5.56 Å². The highest BCUT2D eigenvalue weighted by Crippen LogP contribution is 2.36. The number of carbonyl (C=O) groups excluding carboxylic acids is 1. The van der Waals surface area contributed by atoms with Gasteiger partial charge in [0.2, 0.25) is 5.91 Å². The van der Waals surface area contributed by atoms with E-state index < -0.39 is 0 Å². The molecule has 0 saturated heterocycles. The lowest BCUT2D eigenvalue weighted by Crippen LogP contribution is -2.34. The maximum atomic E-state index is 11.8. The van der Waals surface area contributed by atoms with E-state index in [1.807, 2.05) is 35.2 Å². The first-order valence-corrected chi connectivity index (χ1v) is 6.62. The molecule has 2 aromatic rings. The summed E-state index contributed by atoms with van der Waals surface area (Å²) in [6.07, 6.45) is 0. The molecule has 0 aromatic heterocycles. The average Bonchev–Trinajstić information content (AvgIpc) is 2.46. The van der Waals surface area contributed by atoms with E-state index in [0.29, 0.717) is 10.6 Å². The molecule has 1 aliphatic heterocycles. The Morgan fingerprint density at radius 1 is 1.25 bits per heavy atom. The van der Waals surface area contributed by atoms with E-state index in [1.54, 1.807) is 12.1 Å². The number of para-hydroxylation sites is 2. The second kappa shape index (κ2) is 5.15. The van der Waals surface area contributed by atoms with Crippen molar-refractivity contribution in [3.63, 3.8) is 0 Å². The van der Waals surface area contributed by atoms with Crippen molar-refractivity contribution in [2.45, 2.75) is 6.61 Å². The van der Waals surface area contributed by atoms with Gasteiger partial charge in [-0.25, -0.2) is 0 Å². The Morgan fingerprint density at radius 2 is 2.05 bits per heavy atom. The summed E-state index contributed by atoms with van der Waals surface area (Å²) in [5.74, 6) is -0.0638. The number of carbonyl (C=O) groups is 1. The molecule has 2 N–H and O–H groups in total. The highest BCUT2D eigenvalue weighted by Gasteiger charge is 2.23. The van der Waals surface area contributed by atoms with Gasteiger partial charge in [0.15, 0.2) is 0 Å². The summed E-state index contributed by atoms with van der Waals surface area (Å²) in [4.78, 5) is 13.7. The normalized spacial score (nSPS) is 13.9. The Morgan fingerprint density at radius 3 is 2.80 bits per heavy atom. The van der Waals surface area contributed by atoms with E-state index in [0.717, 1.165) is 17.1 Å². The second-order valence-corrected chi connectivity index (χ2v) is 4.99. The van der Waals surface area contributed by atoms with Gasteiger partial charge in [0, 0.05) is 10.7 Å². The quantitative estimate of drug-likeness (QED) is 0.893. The van der Waals surface area contributed by atoms with Gasteiger partial charge in [-0.15, -0.1) is 0 Å². The highest BCUT2D eigenvalue weighted by atomic mass is 35.5. The maximum absolute atomic E-state index is 11.8. The summed E-state index contributed by atoms with van der Waals surface area (Å²) in [7, 11) is 0. The number of hydrogen-bond donors (Lipinski definition) is 2. The number of nitrogens with zero attached hydrogens (tertiary/aromatic N) is 1. The number of fused-ring (bicyclic) bond motifs is 1. The average molecular weight is 289 g/mol. The monoisotopic (exact) mass is 288 g/mol. The third kappa shape index (κ3) is 2.24. The molecular formula is C15H13ClN2O2. The predicted molar refractivity (Wildman–Crippen MR) is 79.5 cm³/mol. The van der Waals surface area contributed by atoms with Crippen LogP contribution in [0.15, 0.2) is 42.5 Å². The lowest BCUT2D eigenvalue weighted by Gasteiger charge is -2.31. The number of aliphatic hydroxyl groups is 1. The molecule has 2 aromatic carbocycles. The summed E-state index contributed by atoms with van der Waals surface area (Å²) in [5, 5.41) is 12.5. The zero-order chi connectivity index (χ0) is 14.1. The number of anilines is 3. The first-order chi connectivity index (χ1) is 9.69. The van der Waals surface area contributed by atoms with E-state index in [-0.39, 0.29) is 19.1 Å². The van der Waals surface area contributed by atoms with Crippen molar-refractivity contribution in [1.82, 2.24) is 0 Å². The van der Waals surface area contributed by atoms with Gasteiger partial charge in [0.05, 0.1) is 18.0 Å². The topological polar surface area (TPSA) is 52.6 Å². The molecular weight excluding hydrogens is 276 g/mol. The zero-order valence-electron chi connectivity index (χ0n) is 10.6. The van der Waals surface area contributed by atoms with E-state index >= 15 is 0 Å². The lowest BCUT2D eigenvalue weighted by molar-refractivity contribution is -0.115. The van der Waals surface area contributed by atoms with Crippen LogP contribution in [-0.4, -0.2) is 17.6 Å². The fourth-order valence-corrected chi connectivity index (χ4v) is 2.53. The SMILES string of the molecule is O=C1CN(c2ccc(CO)c(Cl)c2)c2ccccc2N1. The summed E-state index contributed by atoms with van der Waals surface area (Å²) >= 11 is 6.13. The number of nitrogens with one attached hydrogen (secondary N) is 1. The van der Waals surface area contributed by atoms with Gasteiger partial charge in [0.25, 0.3) is 0 Å². The largest absolute Gasteiger partial charge is 0.392 e. The van der Waals surface area contributed by atoms with E-state index in [9.17, 15) is 4.79 Å². The van der Waals surface area contributed by atoms with Crippen LogP contribution < -0.4 is 10.2 Å². The maximum Gasteiger partial charge on any atom is 0.244 e. The van der Waals surface area contributed by atoms with E-state index in [1.165, 1.54) is 0 Å². The highest BCUT2D eigenvalue weighted by molar-refractivity contribution is 6.31. The van der Waals surface area contributed by atoms with Crippen LogP contribution in [0, 0.1) is 0 Å². The standard InChI is InChI=1S/C15H13ClN2O2/c16-12-7-11(6-5-10(12)9-19)18-8-15(20)17-13-3-1-2-4-14(13)18/h1-7,19H,8-9H2,(H,17,20). The van der Waals surface area contributed by atoms with Crippen molar-refractivity contribution in [3.8, 4) is 0 Å². The van der Waals surface area contributed by atoms with Crippen molar-refractivity contribution in [3.05, 3.63) is 53.1 Å². The van der Waals surface area contributed by atoms with Gasteiger partial charge in [-0.2, -0.15) is 0 Å². The van der Waals surface area contributed by atoms with Gasteiger partial charge in [0.1, 0.15) is 6.54 Å². The third-order valence-corrected chi connectivity index (χ3v) is 3.64. The Hall–Kier alpha value is -2.04. The number of halogens is 1. The minimum atomic E-state index is -0.101. The number of amides is 1. The lowest BCUT2D eigenvalue weighted by atomic mass is 10.1. The zero-order valence-corrected chi connectivity index (χ0v) is 11.4. The molecule has 0 spiro atoms. The minimum Gasteiger partial charge on any atom is -0.392 e. The molecule has 5 heteroatoms. The van der Waals surface area contributed by atoms with Crippen LogP contribution in [0.25, 0.3) is 0 Å². The molecule has 0 unspecified atom stereocenters. The molecule has 4 nitrogen and oxygen atoms in total. The first-order valence-electron chi connectivity index (χ1n) is 6.25. The molecule has 0 fully saturated rings. The third-order valence-electron chi connectivity index (χ3n) is 3.29. The summed E-state index contributed by atoms with van der Waals surface area (Å²) < 4.78 is 0. The van der Waals surface area contributed by atoms with Crippen molar-refractivity contribution in [2.24, 2.45) is 0 Å². The predicted octanol–water partition coefficient (Wildman–Crippen LogP) is 2.92. The van der Waals surface area contributed by atoms with Crippen LogP contribution in [0.2, 0.25) is 5.02 Å². The van der Waals surface area contributed by atoms with Crippen molar-refractivity contribution >= 4 is 34.6 Å². The first kappa shape index (κ1) is 13.0. The molecule has 3 rings (SSSR count). The molecule has 0 radical (unpaired) electrons. The summed E-state index contributed by atoms with van der Waals surface area (Å²) in [6.45, 7) is 0.141. The molecule has 0 atom stereocenters.